The van der Waals surface area contributed by atoms with Gasteiger partial charge in [-0.25, -0.2) is 4.98 Å². The third-order valence-electron chi connectivity index (χ3n) is 5.32. The molecule has 2 heterocycles. The van der Waals surface area contributed by atoms with Gasteiger partial charge in [0.2, 0.25) is 5.95 Å². The first-order valence-corrected chi connectivity index (χ1v) is 10.1. The Bertz CT molecular complexity index is 1470. The highest BCUT2D eigenvalue weighted by Crippen LogP contribution is 2.30. The van der Waals surface area contributed by atoms with Gasteiger partial charge in [-0.1, -0.05) is 29.8 Å². The van der Waals surface area contributed by atoms with E-state index in [0.29, 0.717) is 16.5 Å². The summed E-state index contributed by atoms with van der Waals surface area (Å²) in [6.07, 6.45) is 0. The highest BCUT2D eigenvalue weighted by Gasteiger charge is 2.19. The molecule has 1 N–H and O–H groups in total. The Balaban J connectivity index is 1.77. The average molecular weight is 431 g/mol. The lowest BCUT2D eigenvalue weighted by Gasteiger charge is -2.12. The summed E-state index contributed by atoms with van der Waals surface area (Å²) in [5, 5.41) is 4.75. The molecule has 154 valence electrons. The first-order chi connectivity index (χ1) is 15.1. The Morgan fingerprint density at radius 1 is 1.00 bits per heavy atom. The molecular formula is C24H19ClN4O2. The van der Waals surface area contributed by atoms with Gasteiger partial charge in [0.15, 0.2) is 5.52 Å². The zero-order valence-corrected chi connectivity index (χ0v) is 17.7. The van der Waals surface area contributed by atoms with Gasteiger partial charge in [-0.15, -0.1) is 0 Å². The fraction of sp³-hybridized carbons (Fsp3) is 0.0833. The van der Waals surface area contributed by atoms with E-state index in [1.807, 2.05) is 84.4 Å². The van der Waals surface area contributed by atoms with Gasteiger partial charge in [0.1, 0.15) is 5.75 Å². The van der Waals surface area contributed by atoms with Gasteiger partial charge >= 0.3 is 0 Å². The molecule has 0 radical (unpaired) electrons. The molecule has 0 fully saturated rings. The zero-order chi connectivity index (χ0) is 21.5. The fourth-order valence-corrected chi connectivity index (χ4v) is 3.98. The molecule has 31 heavy (non-hydrogen) atoms. The number of nitrogens with one attached hydrogen (secondary N) is 1. The van der Waals surface area contributed by atoms with Crippen molar-refractivity contribution in [3.05, 3.63) is 88.2 Å². The number of methoxy groups -OCH3 is 1. The van der Waals surface area contributed by atoms with E-state index in [-0.39, 0.29) is 5.56 Å². The Labute approximate surface area is 183 Å². The van der Waals surface area contributed by atoms with Crippen LogP contribution in [0.5, 0.6) is 5.75 Å². The van der Waals surface area contributed by atoms with Gasteiger partial charge in [-0.2, -0.15) is 0 Å². The lowest BCUT2D eigenvalue weighted by Crippen LogP contribution is -2.19. The second-order valence-electron chi connectivity index (χ2n) is 7.18. The summed E-state index contributed by atoms with van der Waals surface area (Å²) in [4.78, 5) is 18.2. The van der Waals surface area contributed by atoms with Crippen LogP contribution in [0.3, 0.4) is 0 Å². The third kappa shape index (κ3) is 3.21. The Hall–Kier alpha value is -3.77. The average Bonchev–Trinajstić information content (AvgIpc) is 3.12. The maximum atomic E-state index is 13.6. The molecule has 0 spiro atoms. The molecule has 5 rings (SSSR count). The fourth-order valence-electron chi connectivity index (χ4n) is 3.81. The van der Waals surface area contributed by atoms with Crippen LogP contribution in [0.2, 0.25) is 5.02 Å². The summed E-state index contributed by atoms with van der Waals surface area (Å²) < 4.78 is 8.77. The van der Waals surface area contributed by atoms with E-state index in [9.17, 15) is 4.79 Å². The van der Waals surface area contributed by atoms with E-state index >= 15 is 0 Å². The number of aryl methyl sites for hydroxylation is 1. The molecule has 0 bridgehead atoms. The molecule has 7 heteroatoms. The molecule has 0 aliphatic carbocycles. The number of anilines is 2. The van der Waals surface area contributed by atoms with Crippen molar-refractivity contribution in [1.29, 1.82) is 0 Å². The molecule has 0 unspecified atom stereocenters. The zero-order valence-electron chi connectivity index (χ0n) is 17.0. The highest BCUT2D eigenvalue weighted by molar-refractivity contribution is 6.31. The van der Waals surface area contributed by atoms with Crippen molar-refractivity contribution in [3.63, 3.8) is 0 Å². The van der Waals surface area contributed by atoms with Gasteiger partial charge in [0, 0.05) is 28.8 Å². The smallest absolute Gasteiger partial charge is 0.283 e. The molecule has 3 aromatic carbocycles. The number of hydrogen-bond donors (Lipinski definition) is 1. The van der Waals surface area contributed by atoms with Crippen LogP contribution in [0.15, 0.2) is 77.6 Å². The number of hydrogen-bond acceptors (Lipinski definition) is 4. The summed E-state index contributed by atoms with van der Waals surface area (Å²) in [6, 6.07) is 22.6. The maximum absolute atomic E-state index is 13.6. The van der Waals surface area contributed by atoms with E-state index in [1.54, 1.807) is 11.7 Å². The van der Waals surface area contributed by atoms with Crippen LogP contribution in [0.25, 0.3) is 27.6 Å². The number of halogens is 1. The van der Waals surface area contributed by atoms with E-state index in [1.165, 1.54) is 0 Å². The normalized spacial score (nSPS) is 11.2. The summed E-state index contributed by atoms with van der Waals surface area (Å²) >= 11 is 6.30. The SMILES string of the molecule is COc1ccc(Nc2nc3c(=O)n(-c4ccccc4)c4cc(Cl)ccc4c3n2C)cc1. The summed E-state index contributed by atoms with van der Waals surface area (Å²) in [5.74, 6) is 1.34. The van der Waals surface area contributed by atoms with Crippen molar-refractivity contribution in [1.82, 2.24) is 14.1 Å². The Kier molecular flexibility index (Phi) is 4.64. The molecule has 0 saturated carbocycles. The van der Waals surface area contributed by atoms with E-state index in [4.69, 9.17) is 16.3 Å². The van der Waals surface area contributed by atoms with Gasteiger partial charge in [-0.3, -0.25) is 9.36 Å². The first-order valence-electron chi connectivity index (χ1n) is 9.74. The molecule has 0 amide bonds. The van der Waals surface area contributed by atoms with Crippen molar-refractivity contribution < 1.29 is 4.74 Å². The number of ether oxygens (including phenoxy) is 1. The summed E-state index contributed by atoms with van der Waals surface area (Å²) in [6.45, 7) is 0. The van der Waals surface area contributed by atoms with Gasteiger partial charge in [-0.05, 0) is 54.6 Å². The predicted molar refractivity (Wildman–Crippen MR) is 125 cm³/mol. The number of fused-ring (bicyclic) bond motifs is 3. The van der Waals surface area contributed by atoms with Crippen LogP contribution in [0, 0.1) is 0 Å². The molecule has 2 aromatic heterocycles. The van der Waals surface area contributed by atoms with E-state index in [2.05, 4.69) is 10.3 Å². The summed E-state index contributed by atoms with van der Waals surface area (Å²) in [7, 11) is 3.52. The second-order valence-corrected chi connectivity index (χ2v) is 7.62. The van der Waals surface area contributed by atoms with Crippen LogP contribution >= 0.6 is 11.6 Å². The Morgan fingerprint density at radius 2 is 1.74 bits per heavy atom. The number of nitrogens with zero attached hydrogens (tertiary/aromatic N) is 3. The van der Waals surface area contributed by atoms with Gasteiger partial charge in [0.25, 0.3) is 5.56 Å². The first kappa shape index (κ1) is 19.2. The summed E-state index contributed by atoms with van der Waals surface area (Å²) in [5.41, 5.74) is 3.27. The number of pyridine rings is 1. The van der Waals surface area contributed by atoms with Gasteiger partial charge in [0.05, 0.1) is 18.1 Å². The van der Waals surface area contributed by atoms with Crippen molar-refractivity contribution in [2.75, 3.05) is 12.4 Å². The molecule has 0 saturated heterocycles. The number of para-hydroxylation sites is 1. The molecule has 0 atom stereocenters. The van der Waals surface area contributed by atoms with Crippen molar-refractivity contribution in [2.45, 2.75) is 0 Å². The van der Waals surface area contributed by atoms with Crippen LogP contribution < -0.4 is 15.6 Å². The minimum absolute atomic E-state index is 0.200. The molecule has 0 aliphatic heterocycles. The molecule has 5 aromatic rings. The van der Waals surface area contributed by atoms with Crippen LogP contribution in [0.1, 0.15) is 0 Å². The topological polar surface area (TPSA) is 61.1 Å². The third-order valence-corrected chi connectivity index (χ3v) is 5.55. The van der Waals surface area contributed by atoms with Crippen LogP contribution in [0.4, 0.5) is 11.6 Å². The van der Waals surface area contributed by atoms with Crippen molar-refractivity contribution >= 4 is 45.2 Å². The standard InChI is InChI=1S/C24H19ClN4O2/c1-28-22-19-13-8-15(25)14-20(19)29(17-6-4-3-5-7-17)23(30)21(22)27-24(28)26-16-9-11-18(31-2)12-10-16/h3-14H,1-2H3,(H,26,27). The number of aromatic nitrogens is 3. The largest absolute Gasteiger partial charge is 0.497 e. The predicted octanol–water partition coefficient (Wildman–Crippen LogP) is 5.28. The number of benzene rings is 3. The highest BCUT2D eigenvalue weighted by atomic mass is 35.5. The Morgan fingerprint density at radius 3 is 2.45 bits per heavy atom. The lowest BCUT2D eigenvalue weighted by atomic mass is 10.1. The minimum atomic E-state index is -0.200. The quantitative estimate of drug-likeness (QED) is 0.421. The van der Waals surface area contributed by atoms with Crippen LogP contribution in [-0.2, 0) is 7.05 Å². The maximum Gasteiger partial charge on any atom is 0.283 e. The van der Waals surface area contributed by atoms with Gasteiger partial charge < -0.3 is 14.6 Å². The van der Waals surface area contributed by atoms with Crippen molar-refractivity contribution in [2.24, 2.45) is 7.05 Å². The molecule has 6 nitrogen and oxygen atoms in total. The number of imidazole rings is 1. The molecule has 0 aliphatic rings. The van der Waals surface area contributed by atoms with Crippen LogP contribution in [-0.4, -0.2) is 21.2 Å². The van der Waals surface area contributed by atoms with E-state index in [0.717, 1.165) is 33.5 Å². The van der Waals surface area contributed by atoms with Crippen molar-refractivity contribution in [3.8, 4) is 11.4 Å². The monoisotopic (exact) mass is 430 g/mol. The number of rotatable bonds is 4. The lowest BCUT2D eigenvalue weighted by molar-refractivity contribution is 0.415. The second kappa shape index (κ2) is 7.49. The minimum Gasteiger partial charge on any atom is -0.497 e. The molecular weight excluding hydrogens is 412 g/mol. The van der Waals surface area contributed by atoms with E-state index < -0.39 is 0 Å².